The van der Waals surface area contributed by atoms with Crippen LogP contribution in [-0.2, 0) is 14.8 Å². The highest BCUT2D eigenvalue weighted by Gasteiger charge is 2.29. The van der Waals surface area contributed by atoms with Crippen molar-refractivity contribution in [2.75, 3.05) is 22.5 Å². The first-order chi connectivity index (χ1) is 13.1. The molecular weight excluding hydrogens is 423 g/mol. The molecule has 0 fully saturated rings. The summed E-state index contributed by atoms with van der Waals surface area (Å²) < 4.78 is 31.1. The summed E-state index contributed by atoms with van der Waals surface area (Å²) >= 11 is 11.9. The molecule has 0 saturated heterocycles. The number of anilines is 2. The van der Waals surface area contributed by atoms with Crippen molar-refractivity contribution in [2.45, 2.75) is 13.0 Å². The van der Waals surface area contributed by atoms with Crippen molar-refractivity contribution < 1.29 is 17.9 Å². The minimum Gasteiger partial charge on any atom is -0.489 e. The van der Waals surface area contributed by atoms with Crippen molar-refractivity contribution in [1.82, 2.24) is 0 Å². The number of carbonyl (C=O) groups excluding carboxylic acids is 1. The number of carbonyl (C=O) groups is 1. The Morgan fingerprint density at radius 2 is 1.96 bits per heavy atom. The van der Waals surface area contributed by atoms with Gasteiger partial charge in [-0.15, -0.1) is 0 Å². The lowest BCUT2D eigenvalue weighted by molar-refractivity contribution is -0.116. The van der Waals surface area contributed by atoms with Crippen LogP contribution in [0, 0.1) is 0 Å². The molecule has 0 aliphatic carbocycles. The molecule has 1 amide bonds. The molecule has 2 rings (SSSR count). The van der Waals surface area contributed by atoms with Gasteiger partial charge in [-0.1, -0.05) is 41.9 Å². The average Bonchev–Trinajstić information content (AvgIpc) is 2.62. The molecule has 6 nitrogen and oxygen atoms in total. The lowest BCUT2D eigenvalue weighted by Crippen LogP contribution is -2.45. The molecule has 9 heteroatoms. The molecule has 0 aliphatic rings. The summed E-state index contributed by atoms with van der Waals surface area (Å²) in [6.07, 6.45) is 2.62. The zero-order chi connectivity index (χ0) is 20.9. The molecule has 2 aromatic rings. The Kier molecular flexibility index (Phi) is 7.35. The van der Waals surface area contributed by atoms with Crippen molar-refractivity contribution in [1.29, 1.82) is 0 Å². The van der Waals surface area contributed by atoms with Gasteiger partial charge in [0.05, 0.1) is 22.0 Å². The quantitative estimate of drug-likeness (QED) is 0.616. The summed E-state index contributed by atoms with van der Waals surface area (Å²) in [5.41, 5.74) is 0.712. The number of nitrogens with zero attached hydrogens (tertiary/aromatic N) is 1. The van der Waals surface area contributed by atoms with Gasteiger partial charge in [0, 0.05) is 11.8 Å². The van der Waals surface area contributed by atoms with Gasteiger partial charge in [-0.25, -0.2) is 8.42 Å². The van der Waals surface area contributed by atoms with Gasteiger partial charge >= 0.3 is 0 Å². The van der Waals surface area contributed by atoms with E-state index in [1.54, 1.807) is 30.3 Å². The number of halogens is 2. The molecule has 150 valence electrons. The molecule has 0 aromatic heterocycles. The van der Waals surface area contributed by atoms with E-state index in [-0.39, 0.29) is 15.7 Å². The highest BCUT2D eigenvalue weighted by molar-refractivity contribution is 7.92. The highest BCUT2D eigenvalue weighted by Crippen LogP contribution is 2.30. The maximum atomic E-state index is 12.7. The van der Waals surface area contributed by atoms with Gasteiger partial charge in [0.1, 0.15) is 18.4 Å². The van der Waals surface area contributed by atoms with Crippen LogP contribution in [0.2, 0.25) is 10.0 Å². The topological polar surface area (TPSA) is 75.7 Å². The predicted molar refractivity (Wildman–Crippen MR) is 114 cm³/mol. The number of nitrogens with one attached hydrogen (secondary N) is 1. The molecule has 0 aliphatic heterocycles. The zero-order valence-electron chi connectivity index (χ0n) is 15.4. The number of sulfonamides is 1. The number of hydrogen-bond donors (Lipinski definition) is 1. The Bertz CT molecular complexity index is 980. The summed E-state index contributed by atoms with van der Waals surface area (Å²) in [4.78, 5) is 12.7. The Hall–Kier alpha value is -2.22. The number of hydrogen-bond acceptors (Lipinski definition) is 4. The zero-order valence-corrected chi connectivity index (χ0v) is 17.7. The maximum Gasteiger partial charge on any atom is 0.247 e. The Morgan fingerprint density at radius 3 is 2.57 bits per heavy atom. The van der Waals surface area contributed by atoms with Gasteiger partial charge in [0.25, 0.3) is 0 Å². The van der Waals surface area contributed by atoms with Crippen LogP contribution < -0.4 is 14.4 Å². The summed E-state index contributed by atoms with van der Waals surface area (Å²) in [5.74, 6) is 0.0344. The first-order valence-corrected chi connectivity index (χ1v) is 10.8. The molecule has 2 aromatic carbocycles. The molecule has 0 radical (unpaired) electrons. The van der Waals surface area contributed by atoms with Crippen molar-refractivity contribution in [2.24, 2.45) is 0 Å². The van der Waals surface area contributed by atoms with Gasteiger partial charge in [0.2, 0.25) is 15.9 Å². The van der Waals surface area contributed by atoms with Gasteiger partial charge in [-0.05, 0) is 37.3 Å². The SMILES string of the molecule is C=CCOc1cccc(NC(=O)[C@@H](C)N(c2ccc(Cl)c(Cl)c2)S(C)(=O)=O)c1. The van der Waals surface area contributed by atoms with E-state index < -0.39 is 22.0 Å². The van der Waals surface area contributed by atoms with Crippen LogP contribution in [0.1, 0.15) is 6.92 Å². The van der Waals surface area contributed by atoms with Crippen LogP contribution in [0.5, 0.6) is 5.75 Å². The van der Waals surface area contributed by atoms with Crippen LogP contribution in [0.4, 0.5) is 11.4 Å². The molecule has 0 bridgehead atoms. The van der Waals surface area contributed by atoms with E-state index >= 15 is 0 Å². The summed E-state index contributed by atoms with van der Waals surface area (Å²) in [6, 6.07) is 10.1. The van der Waals surface area contributed by atoms with E-state index in [4.69, 9.17) is 27.9 Å². The number of amides is 1. The van der Waals surface area contributed by atoms with E-state index in [1.807, 2.05) is 0 Å². The van der Waals surface area contributed by atoms with Crippen LogP contribution >= 0.6 is 23.2 Å². The Labute approximate surface area is 174 Å². The van der Waals surface area contributed by atoms with Crippen molar-refractivity contribution in [3.63, 3.8) is 0 Å². The fourth-order valence-electron chi connectivity index (χ4n) is 2.50. The molecule has 28 heavy (non-hydrogen) atoms. The standard InChI is InChI=1S/C19H20Cl2N2O4S/c1-4-10-27-16-7-5-6-14(11-16)22-19(24)13(2)23(28(3,25)26)15-8-9-17(20)18(21)12-15/h4-9,11-13H,1,10H2,2-3H3,(H,22,24)/t13-/m1/s1. The minimum absolute atomic E-state index is 0.187. The van der Waals surface area contributed by atoms with Crippen molar-refractivity contribution in [3.8, 4) is 5.75 Å². The molecule has 0 saturated carbocycles. The summed E-state index contributed by atoms with van der Waals surface area (Å²) in [6.45, 7) is 5.39. The third kappa shape index (κ3) is 5.64. The molecule has 1 atom stereocenters. The van der Waals surface area contributed by atoms with E-state index in [1.165, 1.54) is 25.1 Å². The molecular formula is C19H20Cl2N2O4S. The summed E-state index contributed by atoms with van der Waals surface area (Å²) in [7, 11) is -3.77. The molecule has 0 heterocycles. The molecule has 0 spiro atoms. The summed E-state index contributed by atoms with van der Waals surface area (Å²) in [5, 5.41) is 3.17. The molecule has 1 N–H and O–H groups in total. The lowest BCUT2D eigenvalue weighted by atomic mass is 10.2. The van der Waals surface area contributed by atoms with E-state index in [2.05, 4.69) is 11.9 Å². The fourth-order valence-corrected chi connectivity index (χ4v) is 3.96. The van der Waals surface area contributed by atoms with Crippen LogP contribution in [0.15, 0.2) is 55.1 Å². The largest absolute Gasteiger partial charge is 0.489 e. The van der Waals surface area contributed by atoms with Gasteiger partial charge in [0.15, 0.2) is 0 Å². The third-order valence-corrected chi connectivity index (χ3v) is 5.70. The second-order valence-electron chi connectivity index (χ2n) is 5.95. The van der Waals surface area contributed by atoms with E-state index in [0.29, 0.717) is 18.0 Å². The Morgan fingerprint density at radius 1 is 1.25 bits per heavy atom. The van der Waals surface area contributed by atoms with Crippen LogP contribution in [-0.4, -0.2) is 33.2 Å². The number of ether oxygens (including phenoxy) is 1. The second-order valence-corrected chi connectivity index (χ2v) is 8.62. The van der Waals surface area contributed by atoms with E-state index in [0.717, 1.165) is 10.6 Å². The van der Waals surface area contributed by atoms with Crippen LogP contribution in [0.3, 0.4) is 0 Å². The van der Waals surface area contributed by atoms with Gasteiger partial charge in [-0.3, -0.25) is 9.10 Å². The lowest BCUT2D eigenvalue weighted by Gasteiger charge is -2.28. The maximum absolute atomic E-state index is 12.7. The van der Waals surface area contributed by atoms with E-state index in [9.17, 15) is 13.2 Å². The number of rotatable bonds is 8. The van der Waals surface area contributed by atoms with Gasteiger partial charge in [-0.2, -0.15) is 0 Å². The third-order valence-electron chi connectivity index (χ3n) is 3.72. The van der Waals surface area contributed by atoms with Crippen molar-refractivity contribution in [3.05, 3.63) is 65.2 Å². The average molecular weight is 443 g/mol. The first kappa shape index (κ1) is 22.1. The second kappa shape index (κ2) is 9.32. The first-order valence-electron chi connectivity index (χ1n) is 8.22. The smallest absolute Gasteiger partial charge is 0.247 e. The number of benzene rings is 2. The highest BCUT2D eigenvalue weighted by atomic mass is 35.5. The molecule has 0 unspecified atom stereocenters. The van der Waals surface area contributed by atoms with Gasteiger partial charge < -0.3 is 10.1 Å². The minimum atomic E-state index is -3.77. The predicted octanol–water partition coefficient (Wildman–Crippen LogP) is 4.35. The van der Waals surface area contributed by atoms with Crippen LogP contribution in [0.25, 0.3) is 0 Å². The van der Waals surface area contributed by atoms with Crippen molar-refractivity contribution >= 4 is 50.5 Å². The fraction of sp³-hybridized carbons (Fsp3) is 0.211. The Balaban J connectivity index is 2.27. The normalized spacial score (nSPS) is 12.1. The monoisotopic (exact) mass is 442 g/mol.